The van der Waals surface area contributed by atoms with Gasteiger partial charge in [-0.15, -0.1) is 11.6 Å². The van der Waals surface area contributed by atoms with E-state index in [4.69, 9.17) is 32.7 Å². The number of sulfonamides is 1. The smallest absolute Gasteiger partial charge is 0.264 e. The van der Waals surface area contributed by atoms with Crippen molar-refractivity contribution in [2.45, 2.75) is 76.3 Å². The Morgan fingerprint density at radius 1 is 1.15 bits per heavy atom. The van der Waals surface area contributed by atoms with Gasteiger partial charge in [-0.2, -0.15) is 0 Å². The number of amides is 2. The van der Waals surface area contributed by atoms with Gasteiger partial charge in [-0.05, 0) is 105 Å². The molecule has 2 amide bonds. The summed E-state index contributed by atoms with van der Waals surface area (Å²) >= 11 is 12.2. The van der Waals surface area contributed by atoms with Crippen LogP contribution in [0.3, 0.4) is 0 Å². The van der Waals surface area contributed by atoms with E-state index >= 15 is 0 Å². The molecule has 2 aromatic carbocycles. The maximum Gasteiger partial charge on any atom is 0.264 e. The SMILES string of the molecule is CO[C@@]1(CC(=O)NCCCl)/C=C/C[C@H](C)[C@@H](C)S(=O)(=O)NC(=O)c2ccc3c(c2)N(CCCCc2cc(Cl)ccc2CO3)C[C@@H]2CC[C@H]21. The highest BCUT2D eigenvalue weighted by atomic mass is 35.5. The van der Waals surface area contributed by atoms with Crippen LogP contribution in [0, 0.1) is 17.8 Å². The number of carbonyl (C=O) groups excluding carboxylic acids is 2. The predicted molar refractivity (Wildman–Crippen MR) is 190 cm³/mol. The number of alkyl halides is 1. The number of allylic oxidation sites excluding steroid dienone is 1. The Kier molecular flexibility index (Phi) is 12.0. The number of hydrogen-bond acceptors (Lipinski definition) is 7. The van der Waals surface area contributed by atoms with Crippen LogP contribution >= 0.6 is 23.2 Å². The number of nitrogens with one attached hydrogen (secondary N) is 2. The second-order valence-corrected chi connectivity index (χ2v) is 16.3. The van der Waals surface area contributed by atoms with Gasteiger partial charge in [0.2, 0.25) is 15.9 Å². The number of anilines is 1. The predicted octanol–water partition coefficient (Wildman–Crippen LogP) is 6.26. The molecule has 9 nitrogen and oxygen atoms in total. The van der Waals surface area contributed by atoms with Gasteiger partial charge in [0.25, 0.3) is 5.91 Å². The number of rotatable bonds is 5. The van der Waals surface area contributed by atoms with Gasteiger partial charge >= 0.3 is 0 Å². The monoisotopic (exact) mass is 719 g/mol. The zero-order valence-electron chi connectivity index (χ0n) is 28.0. The molecule has 1 saturated carbocycles. The minimum Gasteiger partial charge on any atom is -0.487 e. The summed E-state index contributed by atoms with van der Waals surface area (Å²) in [4.78, 5) is 28.9. The molecule has 48 heavy (non-hydrogen) atoms. The van der Waals surface area contributed by atoms with Gasteiger partial charge < -0.3 is 19.7 Å². The molecule has 0 saturated heterocycles. The van der Waals surface area contributed by atoms with E-state index in [0.29, 0.717) is 49.3 Å². The molecule has 2 bridgehead atoms. The third-order valence-corrected chi connectivity index (χ3v) is 12.7. The summed E-state index contributed by atoms with van der Waals surface area (Å²) in [5.74, 6) is 0.00504. The number of aryl methyl sites for hydroxylation is 1. The maximum absolute atomic E-state index is 13.5. The van der Waals surface area contributed by atoms with Gasteiger partial charge in [-0.1, -0.05) is 36.7 Å². The highest BCUT2D eigenvalue weighted by Gasteiger charge is 2.48. The van der Waals surface area contributed by atoms with Gasteiger partial charge in [0, 0.05) is 43.2 Å². The molecule has 2 aromatic rings. The second kappa shape index (κ2) is 15.8. The van der Waals surface area contributed by atoms with Gasteiger partial charge in [0.1, 0.15) is 12.4 Å². The summed E-state index contributed by atoms with van der Waals surface area (Å²) < 4.78 is 41.9. The number of methoxy groups -OCH3 is 1. The van der Waals surface area contributed by atoms with Crippen LogP contribution in [0.2, 0.25) is 5.02 Å². The average Bonchev–Trinajstić information content (AvgIpc) is 3.07. The minimum absolute atomic E-state index is 0.0327. The van der Waals surface area contributed by atoms with Crippen molar-refractivity contribution in [1.82, 2.24) is 10.0 Å². The fraction of sp³-hybridized carbons (Fsp3) is 0.556. The van der Waals surface area contributed by atoms with E-state index in [-0.39, 0.29) is 35.6 Å². The number of nitrogens with zero attached hydrogens (tertiary/aromatic N) is 1. The van der Waals surface area contributed by atoms with E-state index in [2.05, 4.69) is 14.9 Å². The first kappa shape index (κ1) is 36.5. The van der Waals surface area contributed by atoms with Crippen molar-refractivity contribution in [3.63, 3.8) is 0 Å². The van der Waals surface area contributed by atoms with E-state index in [1.54, 1.807) is 32.2 Å². The Balaban J connectivity index is 1.57. The third-order valence-electron chi connectivity index (χ3n) is 10.4. The lowest BCUT2D eigenvalue weighted by Gasteiger charge is -2.49. The van der Waals surface area contributed by atoms with Gasteiger partial charge in [0.15, 0.2) is 0 Å². The summed E-state index contributed by atoms with van der Waals surface area (Å²) in [6.07, 6.45) is 8.94. The molecule has 0 radical (unpaired) electrons. The van der Waals surface area contributed by atoms with Gasteiger partial charge in [0.05, 0.1) is 23.0 Å². The van der Waals surface area contributed by atoms with Crippen LogP contribution in [0.15, 0.2) is 48.6 Å². The molecular weight excluding hydrogens is 673 g/mol. The number of fused-ring (bicyclic) bond motifs is 3. The normalized spacial score (nSPS) is 28.3. The minimum atomic E-state index is -4.00. The van der Waals surface area contributed by atoms with E-state index in [1.165, 1.54) is 0 Å². The highest BCUT2D eigenvalue weighted by Crippen LogP contribution is 2.47. The molecular formula is C36H47Cl2N3O6S. The first-order valence-corrected chi connectivity index (χ1v) is 19.3. The molecule has 2 aliphatic heterocycles. The lowest BCUT2D eigenvalue weighted by Crippen LogP contribution is -2.53. The molecule has 1 aliphatic carbocycles. The first-order valence-electron chi connectivity index (χ1n) is 16.9. The van der Waals surface area contributed by atoms with Crippen molar-refractivity contribution >= 4 is 50.7 Å². The molecule has 0 spiro atoms. The highest BCUT2D eigenvalue weighted by molar-refractivity contribution is 7.90. The number of halogens is 2. The first-order chi connectivity index (χ1) is 23.0. The van der Waals surface area contributed by atoms with Gasteiger partial charge in [-0.3, -0.25) is 9.59 Å². The van der Waals surface area contributed by atoms with Gasteiger partial charge in [-0.25, -0.2) is 13.1 Å². The van der Waals surface area contributed by atoms with E-state index in [0.717, 1.165) is 48.9 Å². The van der Waals surface area contributed by atoms with Crippen LogP contribution in [0.5, 0.6) is 5.75 Å². The lowest BCUT2D eigenvalue weighted by atomic mass is 9.63. The van der Waals surface area contributed by atoms with Crippen molar-refractivity contribution in [3.05, 3.63) is 70.3 Å². The fourth-order valence-electron chi connectivity index (χ4n) is 7.16. The van der Waals surface area contributed by atoms with Crippen molar-refractivity contribution < 1.29 is 27.5 Å². The van der Waals surface area contributed by atoms with E-state index in [1.807, 2.05) is 37.3 Å². The summed E-state index contributed by atoms with van der Waals surface area (Å²) in [5, 5.41) is 2.73. The molecule has 5 atom stereocenters. The number of hydrogen-bond donors (Lipinski definition) is 2. The molecule has 2 N–H and O–H groups in total. The Morgan fingerprint density at radius 3 is 2.69 bits per heavy atom. The van der Waals surface area contributed by atoms with E-state index < -0.39 is 26.8 Å². The van der Waals surface area contributed by atoms with Crippen LogP contribution in [0.1, 0.15) is 73.9 Å². The standard InChI is InChI=1S/C36H47Cl2N3O6S/c1-24-7-6-15-36(46-3,21-34(42)39-17-16-37)31-13-10-28(31)22-41-18-5-4-8-26-19-30(38)12-9-29(26)23-47-33-14-11-27(20-32(33)41)35(43)40-48(44,45)25(24)2/h6,9,11-12,14-15,19-20,24-25,28,31H,4-5,7-8,10,13,16-18,21-23H2,1-3H3,(H,39,42)(H,40,43)/b15-6+/t24-,25+,28-,31+,36+/m0/s1. The molecule has 0 aromatic heterocycles. The number of carbonyl (C=O) groups is 2. The second-order valence-electron chi connectivity index (χ2n) is 13.4. The summed E-state index contributed by atoms with van der Waals surface area (Å²) in [6.45, 7) is 5.48. The zero-order valence-corrected chi connectivity index (χ0v) is 30.3. The molecule has 262 valence electrons. The summed E-state index contributed by atoms with van der Waals surface area (Å²) in [6, 6.07) is 11.0. The van der Waals surface area contributed by atoms with Crippen molar-refractivity contribution in [3.8, 4) is 5.75 Å². The fourth-order valence-corrected chi connectivity index (χ4v) is 8.73. The molecule has 5 rings (SSSR count). The maximum atomic E-state index is 13.5. The van der Waals surface area contributed by atoms with Crippen LogP contribution in [-0.4, -0.2) is 63.7 Å². The van der Waals surface area contributed by atoms with Crippen LogP contribution < -0.4 is 19.7 Å². The van der Waals surface area contributed by atoms with Crippen LogP contribution in [0.4, 0.5) is 5.69 Å². The topological polar surface area (TPSA) is 114 Å². The average molecular weight is 721 g/mol. The Morgan fingerprint density at radius 2 is 1.96 bits per heavy atom. The summed E-state index contributed by atoms with van der Waals surface area (Å²) in [5.41, 5.74) is 2.29. The van der Waals surface area contributed by atoms with Crippen molar-refractivity contribution in [2.75, 3.05) is 37.5 Å². The van der Waals surface area contributed by atoms with Crippen molar-refractivity contribution in [1.29, 1.82) is 0 Å². The molecule has 2 heterocycles. The zero-order chi connectivity index (χ0) is 34.5. The molecule has 0 unspecified atom stereocenters. The largest absolute Gasteiger partial charge is 0.487 e. The quantitative estimate of drug-likeness (QED) is 0.277. The number of benzene rings is 2. The van der Waals surface area contributed by atoms with E-state index in [9.17, 15) is 18.0 Å². The lowest BCUT2D eigenvalue weighted by molar-refractivity contribution is -0.132. The number of ether oxygens (including phenoxy) is 2. The third kappa shape index (κ3) is 8.32. The summed E-state index contributed by atoms with van der Waals surface area (Å²) in [7, 11) is -2.36. The Bertz CT molecular complexity index is 1620. The molecule has 1 fully saturated rings. The van der Waals surface area contributed by atoms with Crippen LogP contribution in [-0.2, 0) is 32.6 Å². The van der Waals surface area contributed by atoms with Crippen molar-refractivity contribution in [2.24, 2.45) is 17.8 Å². The molecule has 12 heteroatoms. The Labute approximate surface area is 294 Å². The Hall–Kier alpha value is -2.79. The molecule has 3 aliphatic rings. The van der Waals surface area contributed by atoms with Crippen LogP contribution in [0.25, 0.3) is 0 Å².